The quantitative estimate of drug-likeness (QED) is 0.860. The van der Waals surface area contributed by atoms with Crippen molar-refractivity contribution in [2.24, 2.45) is 0 Å². The Morgan fingerprint density at radius 3 is 2.36 bits per heavy atom. The Morgan fingerprint density at radius 1 is 1.07 bits per heavy atom. The molecule has 1 aliphatic rings. The number of piperazine rings is 1. The normalized spacial score (nSPS) is 15.1. The number of rotatable bonds is 5. The molecule has 2 amide bonds. The molecule has 1 saturated heterocycles. The van der Waals surface area contributed by atoms with E-state index in [0.29, 0.717) is 38.5 Å². The number of nitrogens with one attached hydrogen (secondary N) is 1. The number of anilines is 1. The van der Waals surface area contributed by atoms with E-state index in [1.807, 2.05) is 24.3 Å². The molecule has 1 atom stereocenters. The van der Waals surface area contributed by atoms with E-state index in [2.05, 4.69) is 29.4 Å². The van der Waals surface area contributed by atoms with Crippen LogP contribution in [0.3, 0.4) is 0 Å². The maximum atomic E-state index is 12.7. The number of aromatic nitrogens is 1. The first-order chi connectivity index (χ1) is 13.6. The molecule has 28 heavy (non-hydrogen) atoms. The molecular weight excluding hydrogens is 356 g/mol. The standard InChI is InChI=1S/C21H26N4O3/c1-3-28-21(27)25-13-11-24(12-14-25)20(26)19-10-9-18(15-22-19)23-16(2)17-7-5-4-6-8-17/h4-10,15-16,23H,3,11-14H2,1-2H3. The van der Waals surface area contributed by atoms with Gasteiger partial charge in [0, 0.05) is 32.2 Å². The number of carbonyl (C=O) groups excluding carboxylic acids is 2. The van der Waals surface area contributed by atoms with E-state index in [0.717, 1.165) is 5.69 Å². The predicted octanol–water partition coefficient (Wildman–Crippen LogP) is 3.17. The summed E-state index contributed by atoms with van der Waals surface area (Å²) in [7, 11) is 0. The monoisotopic (exact) mass is 382 g/mol. The minimum Gasteiger partial charge on any atom is -0.450 e. The summed E-state index contributed by atoms with van der Waals surface area (Å²) in [5, 5.41) is 3.39. The van der Waals surface area contributed by atoms with Gasteiger partial charge in [-0.1, -0.05) is 30.3 Å². The summed E-state index contributed by atoms with van der Waals surface area (Å²) in [6.07, 6.45) is 1.36. The molecule has 0 spiro atoms. The highest BCUT2D eigenvalue weighted by atomic mass is 16.6. The Kier molecular flexibility index (Phi) is 6.47. The summed E-state index contributed by atoms with van der Waals surface area (Å²) in [5.74, 6) is -0.119. The number of amides is 2. The Morgan fingerprint density at radius 2 is 1.75 bits per heavy atom. The van der Waals surface area contributed by atoms with Gasteiger partial charge in [-0.15, -0.1) is 0 Å². The van der Waals surface area contributed by atoms with Gasteiger partial charge >= 0.3 is 6.09 Å². The molecule has 1 aliphatic heterocycles. The van der Waals surface area contributed by atoms with Crippen LogP contribution >= 0.6 is 0 Å². The predicted molar refractivity (Wildman–Crippen MR) is 107 cm³/mol. The van der Waals surface area contributed by atoms with Crippen LogP contribution in [0.2, 0.25) is 0 Å². The van der Waals surface area contributed by atoms with Gasteiger partial charge in [0.05, 0.1) is 18.5 Å². The first-order valence-corrected chi connectivity index (χ1v) is 9.57. The zero-order chi connectivity index (χ0) is 19.9. The lowest BCUT2D eigenvalue weighted by atomic mass is 10.1. The topological polar surface area (TPSA) is 74.8 Å². The average Bonchev–Trinajstić information content (AvgIpc) is 2.74. The van der Waals surface area contributed by atoms with E-state index in [1.165, 1.54) is 5.56 Å². The van der Waals surface area contributed by atoms with Gasteiger partial charge in [-0.2, -0.15) is 0 Å². The van der Waals surface area contributed by atoms with Crippen molar-refractivity contribution in [1.82, 2.24) is 14.8 Å². The van der Waals surface area contributed by atoms with Crippen LogP contribution in [0, 0.1) is 0 Å². The molecule has 2 heterocycles. The Labute approximate surface area is 165 Å². The van der Waals surface area contributed by atoms with Crippen molar-refractivity contribution in [3.8, 4) is 0 Å². The molecule has 7 nitrogen and oxygen atoms in total. The van der Waals surface area contributed by atoms with Crippen molar-refractivity contribution in [2.75, 3.05) is 38.1 Å². The molecule has 2 aromatic rings. The summed E-state index contributed by atoms with van der Waals surface area (Å²) in [6, 6.07) is 13.9. The maximum absolute atomic E-state index is 12.7. The summed E-state index contributed by atoms with van der Waals surface area (Å²) in [5.41, 5.74) is 2.45. The zero-order valence-corrected chi connectivity index (χ0v) is 16.3. The lowest BCUT2D eigenvalue weighted by molar-refractivity contribution is 0.0566. The van der Waals surface area contributed by atoms with E-state index >= 15 is 0 Å². The molecule has 0 aliphatic carbocycles. The van der Waals surface area contributed by atoms with Crippen LogP contribution in [-0.2, 0) is 4.74 Å². The summed E-state index contributed by atoms with van der Waals surface area (Å²) in [4.78, 5) is 32.1. The molecule has 1 N–H and O–H groups in total. The third-order valence-electron chi connectivity index (χ3n) is 4.76. The third-order valence-corrected chi connectivity index (χ3v) is 4.76. The maximum Gasteiger partial charge on any atom is 0.409 e. The minimum absolute atomic E-state index is 0.119. The molecule has 1 unspecified atom stereocenters. The van der Waals surface area contributed by atoms with Crippen LogP contribution in [0.25, 0.3) is 0 Å². The first kappa shape index (κ1) is 19.7. The molecule has 0 radical (unpaired) electrons. The fourth-order valence-corrected chi connectivity index (χ4v) is 3.15. The van der Waals surface area contributed by atoms with E-state index in [1.54, 1.807) is 29.0 Å². The molecule has 0 saturated carbocycles. The van der Waals surface area contributed by atoms with E-state index in [4.69, 9.17) is 4.74 Å². The second-order valence-corrected chi connectivity index (χ2v) is 6.69. The average molecular weight is 382 g/mol. The van der Waals surface area contributed by atoms with Gasteiger partial charge in [-0.3, -0.25) is 4.79 Å². The number of ether oxygens (including phenoxy) is 1. The van der Waals surface area contributed by atoms with Crippen LogP contribution < -0.4 is 5.32 Å². The number of carbonyl (C=O) groups is 2. The van der Waals surface area contributed by atoms with Crippen LogP contribution in [0.4, 0.5) is 10.5 Å². The molecular formula is C21H26N4O3. The fraction of sp³-hybridized carbons (Fsp3) is 0.381. The van der Waals surface area contributed by atoms with Crippen LogP contribution in [0.1, 0.15) is 35.9 Å². The van der Waals surface area contributed by atoms with Crippen molar-refractivity contribution >= 4 is 17.7 Å². The fourth-order valence-electron chi connectivity index (χ4n) is 3.15. The number of hydrogen-bond acceptors (Lipinski definition) is 5. The second-order valence-electron chi connectivity index (χ2n) is 6.69. The Balaban J connectivity index is 1.55. The molecule has 1 aromatic carbocycles. The van der Waals surface area contributed by atoms with Crippen LogP contribution in [-0.4, -0.2) is 59.6 Å². The highest BCUT2D eigenvalue weighted by molar-refractivity contribution is 5.92. The Bertz CT molecular complexity index is 787. The summed E-state index contributed by atoms with van der Waals surface area (Å²) in [6.45, 7) is 6.11. The molecule has 148 valence electrons. The summed E-state index contributed by atoms with van der Waals surface area (Å²) < 4.78 is 5.00. The number of nitrogens with zero attached hydrogens (tertiary/aromatic N) is 3. The van der Waals surface area contributed by atoms with Crippen molar-refractivity contribution in [3.63, 3.8) is 0 Å². The van der Waals surface area contributed by atoms with Crippen molar-refractivity contribution < 1.29 is 14.3 Å². The molecule has 1 fully saturated rings. The smallest absolute Gasteiger partial charge is 0.409 e. The van der Waals surface area contributed by atoms with Gasteiger partial charge < -0.3 is 19.9 Å². The van der Waals surface area contributed by atoms with E-state index < -0.39 is 0 Å². The van der Waals surface area contributed by atoms with Crippen LogP contribution in [0.15, 0.2) is 48.7 Å². The minimum atomic E-state index is -0.323. The largest absolute Gasteiger partial charge is 0.450 e. The van der Waals surface area contributed by atoms with Crippen molar-refractivity contribution in [2.45, 2.75) is 19.9 Å². The van der Waals surface area contributed by atoms with Gasteiger partial charge in [0.15, 0.2) is 0 Å². The highest BCUT2D eigenvalue weighted by Crippen LogP contribution is 2.19. The van der Waals surface area contributed by atoms with Crippen molar-refractivity contribution in [3.05, 3.63) is 59.9 Å². The first-order valence-electron chi connectivity index (χ1n) is 9.57. The number of hydrogen-bond donors (Lipinski definition) is 1. The second kappa shape index (κ2) is 9.21. The van der Waals surface area contributed by atoms with Crippen molar-refractivity contribution in [1.29, 1.82) is 0 Å². The highest BCUT2D eigenvalue weighted by Gasteiger charge is 2.26. The van der Waals surface area contributed by atoms with Gasteiger partial charge in [0.2, 0.25) is 0 Å². The van der Waals surface area contributed by atoms with Gasteiger partial charge in [-0.25, -0.2) is 9.78 Å². The van der Waals surface area contributed by atoms with Gasteiger partial charge in [0.25, 0.3) is 5.91 Å². The molecule has 1 aromatic heterocycles. The van der Waals surface area contributed by atoms with Gasteiger partial charge in [-0.05, 0) is 31.5 Å². The molecule has 7 heteroatoms. The number of pyridine rings is 1. The van der Waals surface area contributed by atoms with Gasteiger partial charge in [0.1, 0.15) is 5.69 Å². The lowest BCUT2D eigenvalue weighted by Crippen LogP contribution is -2.50. The van der Waals surface area contributed by atoms with E-state index in [-0.39, 0.29) is 18.0 Å². The van der Waals surface area contributed by atoms with Crippen LogP contribution in [0.5, 0.6) is 0 Å². The SMILES string of the molecule is CCOC(=O)N1CCN(C(=O)c2ccc(NC(C)c3ccccc3)cn2)CC1. The summed E-state index contributed by atoms with van der Waals surface area (Å²) >= 11 is 0. The lowest BCUT2D eigenvalue weighted by Gasteiger charge is -2.33. The molecule has 0 bridgehead atoms. The third kappa shape index (κ3) is 4.79. The Hall–Kier alpha value is -3.09. The number of benzene rings is 1. The van der Waals surface area contributed by atoms with E-state index in [9.17, 15) is 9.59 Å². The zero-order valence-electron chi connectivity index (χ0n) is 16.3. The molecule has 3 rings (SSSR count).